The Hall–Kier alpha value is -2.03. The van der Waals surface area contributed by atoms with Crippen LogP contribution in [0.2, 0.25) is 0 Å². The number of hydrogen-bond donors (Lipinski definition) is 3. The van der Waals surface area contributed by atoms with Gasteiger partial charge in [0.05, 0.1) is 5.69 Å². The molecule has 0 aliphatic rings. The summed E-state index contributed by atoms with van der Waals surface area (Å²) in [6, 6.07) is 10.5. The van der Waals surface area contributed by atoms with Gasteiger partial charge < -0.3 is 20.1 Å². The number of nitrogens with one attached hydrogen (secondary N) is 3. The molecule has 2 aromatic heterocycles. The van der Waals surface area contributed by atoms with Crippen LogP contribution in [0.25, 0.3) is 10.9 Å². The molecule has 6 nitrogen and oxygen atoms in total. The van der Waals surface area contributed by atoms with Crippen molar-refractivity contribution in [2.45, 2.75) is 39.7 Å². The second-order valence-corrected chi connectivity index (χ2v) is 6.22. The number of H-pyrrole nitrogens is 1. The number of aromatic amines is 1. The minimum Gasteiger partial charge on any atom is -0.361 e. The summed E-state index contributed by atoms with van der Waals surface area (Å²) < 4.78 is 5.42. The van der Waals surface area contributed by atoms with Crippen molar-refractivity contribution >= 4 is 40.8 Å². The predicted octanol–water partition coefficient (Wildman–Crippen LogP) is 3.81. The highest BCUT2D eigenvalue weighted by molar-refractivity contribution is 14.0. The summed E-state index contributed by atoms with van der Waals surface area (Å²) in [5.74, 6) is 1.73. The Kier molecular flexibility index (Phi) is 8.15. The van der Waals surface area contributed by atoms with E-state index in [0.29, 0.717) is 6.54 Å². The van der Waals surface area contributed by atoms with Crippen LogP contribution in [0.3, 0.4) is 0 Å². The van der Waals surface area contributed by atoms with Crippen LogP contribution < -0.4 is 10.6 Å². The average Bonchev–Trinajstić information content (AvgIpc) is 3.27. The van der Waals surface area contributed by atoms with Gasteiger partial charge in [0.25, 0.3) is 0 Å². The highest BCUT2D eigenvalue weighted by Gasteiger charge is 2.13. The van der Waals surface area contributed by atoms with E-state index in [1.165, 1.54) is 16.6 Å². The molecule has 0 saturated heterocycles. The fraction of sp³-hybridized carbons (Fsp3) is 0.400. The van der Waals surface area contributed by atoms with Crippen molar-refractivity contribution in [3.63, 3.8) is 0 Å². The Morgan fingerprint density at radius 2 is 2.00 bits per heavy atom. The number of aliphatic imine (C=N–C) groups is 1. The van der Waals surface area contributed by atoms with E-state index in [9.17, 15) is 0 Å². The van der Waals surface area contributed by atoms with Crippen molar-refractivity contribution in [3.8, 4) is 0 Å². The van der Waals surface area contributed by atoms with Crippen molar-refractivity contribution in [3.05, 3.63) is 53.0 Å². The van der Waals surface area contributed by atoms with Gasteiger partial charge in [-0.05, 0) is 23.9 Å². The summed E-state index contributed by atoms with van der Waals surface area (Å²) in [5, 5.41) is 12.1. The van der Waals surface area contributed by atoms with Gasteiger partial charge in [-0.25, -0.2) is 0 Å². The van der Waals surface area contributed by atoms with Crippen LogP contribution >= 0.6 is 24.0 Å². The smallest absolute Gasteiger partial charge is 0.191 e. The molecule has 0 aliphatic heterocycles. The molecule has 2 heterocycles. The van der Waals surface area contributed by atoms with Crippen molar-refractivity contribution in [2.75, 3.05) is 13.6 Å². The maximum absolute atomic E-state index is 5.42. The Balaban J connectivity index is 0.00000261. The summed E-state index contributed by atoms with van der Waals surface area (Å²) in [4.78, 5) is 7.76. The molecule has 0 spiro atoms. The molecule has 0 unspecified atom stereocenters. The van der Waals surface area contributed by atoms with E-state index < -0.39 is 0 Å². The molecule has 1 aromatic carbocycles. The number of aryl methyl sites for hydroxylation is 2. The Labute approximate surface area is 177 Å². The van der Waals surface area contributed by atoms with Crippen LogP contribution in [-0.4, -0.2) is 29.7 Å². The highest BCUT2D eigenvalue weighted by Crippen LogP contribution is 2.16. The van der Waals surface area contributed by atoms with Crippen LogP contribution in [-0.2, 0) is 25.8 Å². The van der Waals surface area contributed by atoms with Gasteiger partial charge in [0.2, 0.25) is 0 Å². The standard InChI is InChI=1S/C20H27N5O.HI/c1-4-17-16(19(5-2)26-25-17)13-23-20(21-3)22-11-10-15-12-14-8-6-7-9-18(14)24-15;/h6-9,12,24H,4-5,10-11,13H2,1-3H3,(H2,21,22,23);1H. The van der Waals surface area contributed by atoms with Gasteiger partial charge in [0.1, 0.15) is 5.76 Å². The minimum absolute atomic E-state index is 0. The van der Waals surface area contributed by atoms with Crippen LogP contribution in [0.5, 0.6) is 0 Å². The maximum atomic E-state index is 5.42. The first-order valence-electron chi connectivity index (χ1n) is 9.22. The molecule has 3 N–H and O–H groups in total. The highest BCUT2D eigenvalue weighted by atomic mass is 127. The monoisotopic (exact) mass is 481 g/mol. The van der Waals surface area contributed by atoms with Crippen molar-refractivity contribution < 1.29 is 4.52 Å². The number of guanidine groups is 1. The fourth-order valence-corrected chi connectivity index (χ4v) is 3.11. The Morgan fingerprint density at radius 3 is 2.70 bits per heavy atom. The lowest BCUT2D eigenvalue weighted by atomic mass is 10.1. The zero-order chi connectivity index (χ0) is 18.4. The van der Waals surface area contributed by atoms with Crippen molar-refractivity contribution in [2.24, 2.45) is 4.99 Å². The summed E-state index contributed by atoms with van der Waals surface area (Å²) in [6.07, 6.45) is 2.62. The van der Waals surface area contributed by atoms with E-state index in [0.717, 1.165) is 48.8 Å². The summed E-state index contributed by atoms with van der Waals surface area (Å²) >= 11 is 0. The average molecular weight is 481 g/mol. The normalized spacial score (nSPS) is 11.4. The molecule has 0 atom stereocenters. The third-order valence-electron chi connectivity index (χ3n) is 4.54. The number of benzene rings is 1. The number of fused-ring (bicyclic) bond motifs is 1. The number of hydrogen-bond acceptors (Lipinski definition) is 3. The molecule has 0 amide bonds. The number of para-hydroxylation sites is 1. The molecule has 7 heteroatoms. The van der Waals surface area contributed by atoms with Crippen LogP contribution in [0.1, 0.15) is 36.6 Å². The molecule has 0 bridgehead atoms. The maximum Gasteiger partial charge on any atom is 0.191 e. The van der Waals surface area contributed by atoms with E-state index in [2.05, 4.69) is 63.9 Å². The van der Waals surface area contributed by atoms with Gasteiger partial charge in [-0.1, -0.05) is 37.2 Å². The fourth-order valence-electron chi connectivity index (χ4n) is 3.11. The SMILES string of the molecule is CCc1noc(CC)c1CNC(=NC)NCCc1cc2ccccc2[nH]1.I. The minimum atomic E-state index is 0. The van der Waals surface area contributed by atoms with Gasteiger partial charge in [0, 0.05) is 49.8 Å². The van der Waals surface area contributed by atoms with Crippen LogP contribution in [0.15, 0.2) is 39.8 Å². The largest absolute Gasteiger partial charge is 0.361 e. The Morgan fingerprint density at radius 1 is 1.19 bits per heavy atom. The summed E-state index contributed by atoms with van der Waals surface area (Å²) in [5.41, 5.74) is 4.56. The van der Waals surface area contributed by atoms with Gasteiger partial charge in [-0.2, -0.15) is 0 Å². The number of nitrogens with zero attached hydrogens (tertiary/aromatic N) is 2. The topological polar surface area (TPSA) is 78.2 Å². The quantitative estimate of drug-likeness (QED) is 0.273. The zero-order valence-electron chi connectivity index (χ0n) is 16.1. The van der Waals surface area contributed by atoms with E-state index in [1.807, 2.05) is 6.07 Å². The molecule has 0 aliphatic carbocycles. The van der Waals surface area contributed by atoms with Gasteiger partial charge >= 0.3 is 0 Å². The van der Waals surface area contributed by atoms with Crippen molar-refractivity contribution in [1.82, 2.24) is 20.8 Å². The lowest BCUT2D eigenvalue weighted by Crippen LogP contribution is -2.38. The summed E-state index contributed by atoms with van der Waals surface area (Å²) in [7, 11) is 1.79. The van der Waals surface area contributed by atoms with Crippen LogP contribution in [0, 0.1) is 0 Å². The third kappa shape index (κ3) is 5.24. The second-order valence-electron chi connectivity index (χ2n) is 6.22. The van der Waals surface area contributed by atoms with E-state index in [4.69, 9.17) is 4.52 Å². The first-order valence-corrected chi connectivity index (χ1v) is 9.22. The van der Waals surface area contributed by atoms with Crippen molar-refractivity contribution in [1.29, 1.82) is 0 Å². The first kappa shape index (κ1) is 21.3. The molecule has 0 fully saturated rings. The molecule has 3 rings (SSSR count). The van der Waals surface area contributed by atoms with E-state index in [-0.39, 0.29) is 24.0 Å². The van der Waals surface area contributed by atoms with Gasteiger partial charge in [0.15, 0.2) is 5.96 Å². The van der Waals surface area contributed by atoms with Gasteiger partial charge in [-0.15, -0.1) is 24.0 Å². The predicted molar refractivity (Wildman–Crippen MR) is 121 cm³/mol. The molecular weight excluding hydrogens is 453 g/mol. The van der Waals surface area contributed by atoms with Crippen LogP contribution in [0.4, 0.5) is 0 Å². The van der Waals surface area contributed by atoms with Gasteiger partial charge in [-0.3, -0.25) is 4.99 Å². The molecular formula is C20H28IN5O. The molecule has 3 aromatic rings. The number of halogens is 1. The number of rotatable bonds is 7. The molecule has 0 radical (unpaired) electrons. The first-order chi connectivity index (χ1) is 12.7. The third-order valence-corrected chi connectivity index (χ3v) is 4.54. The Bertz CT molecular complexity index is 829. The molecule has 146 valence electrons. The number of aromatic nitrogens is 2. The zero-order valence-corrected chi connectivity index (χ0v) is 18.5. The second kappa shape index (κ2) is 10.3. The lowest BCUT2D eigenvalue weighted by molar-refractivity contribution is 0.380. The summed E-state index contributed by atoms with van der Waals surface area (Å²) in [6.45, 7) is 5.64. The lowest BCUT2D eigenvalue weighted by Gasteiger charge is -2.12. The van der Waals surface area contributed by atoms with E-state index in [1.54, 1.807) is 7.05 Å². The van der Waals surface area contributed by atoms with E-state index >= 15 is 0 Å². The molecule has 0 saturated carbocycles. The molecule has 27 heavy (non-hydrogen) atoms.